The molecule has 3 nitrogen and oxygen atoms in total. The highest BCUT2D eigenvalue weighted by Gasteiger charge is 2.26. The van der Waals surface area contributed by atoms with E-state index in [2.05, 4.69) is 5.32 Å². The summed E-state index contributed by atoms with van der Waals surface area (Å²) in [5, 5.41) is 13.6. The van der Waals surface area contributed by atoms with Crippen molar-refractivity contribution in [3.63, 3.8) is 0 Å². The van der Waals surface area contributed by atoms with E-state index in [4.69, 9.17) is 4.74 Å². The Morgan fingerprint density at radius 3 is 2.39 bits per heavy atom. The molecule has 0 atom stereocenters. The standard InChI is InChI=1S/C14H20FNO2/c1-8-11(10-4-6-16-7-5-10)13(17)14(18-3)9(2)12(8)15/h10,16-17H,4-7H2,1-3H3. The number of phenols is 1. The average molecular weight is 253 g/mol. The van der Waals surface area contributed by atoms with Gasteiger partial charge in [0.25, 0.3) is 0 Å². The summed E-state index contributed by atoms with van der Waals surface area (Å²) < 4.78 is 19.3. The zero-order valence-corrected chi connectivity index (χ0v) is 11.1. The highest BCUT2D eigenvalue weighted by Crippen LogP contribution is 2.43. The van der Waals surface area contributed by atoms with Crippen LogP contribution in [0.25, 0.3) is 0 Å². The molecule has 0 saturated carbocycles. The van der Waals surface area contributed by atoms with Crippen LogP contribution in [0, 0.1) is 19.7 Å². The molecule has 100 valence electrons. The van der Waals surface area contributed by atoms with Crippen LogP contribution in [0.3, 0.4) is 0 Å². The van der Waals surface area contributed by atoms with Gasteiger partial charge in [0.15, 0.2) is 11.5 Å². The molecule has 1 fully saturated rings. The molecule has 18 heavy (non-hydrogen) atoms. The first-order chi connectivity index (χ1) is 8.57. The van der Waals surface area contributed by atoms with E-state index in [1.165, 1.54) is 7.11 Å². The molecule has 1 heterocycles. The molecular weight excluding hydrogens is 233 g/mol. The third-order valence-electron chi connectivity index (χ3n) is 3.82. The lowest BCUT2D eigenvalue weighted by Gasteiger charge is -2.26. The largest absolute Gasteiger partial charge is 0.504 e. The molecule has 2 rings (SSSR count). The first kappa shape index (κ1) is 13.1. The summed E-state index contributed by atoms with van der Waals surface area (Å²) in [5.41, 5.74) is 1.65. The average Bonchev–Trinajstić information content (AvgIpc) is 2.38. The van der Waals surface area contributed by atoms with E-state index in [9.17, 15) is 9.50 Å². The third-order valence-corrected chi connectivity index (χ3v) is 3.82. The summed E-state index contributed by atoms with van der Waals surface area (Å²) in [5.74, 6) is 0.320. The number of rotatable bonds is 2. The summed E-state index contributed by atoms with van der Waals surface area (Å²) in [7, 11) is 1.46. The van der Waals surface area contributed by atoms with Gasteiger partial charge in [-0.05, 0) is 51.3 Å². The Morgan fingerprint density at radius 2 is 1.83 bits per heavy atom. The maximum Gasteiger partial charge on any atom is 0.166 e. The molecule has 1 aliphatic rings. The minimum Gasteiger partial charge on any atom is -0.504 e. The van der Waals surface area contributed by atoms with Crippen molar-refractivity contribution in [3.8, 4) is 11.5 Å². The van der Waals surface area contributed by atoms with Gasteiger partial charge in [0, 0.05) is 11.1 Å². The maximum atomic E-state index is 14.2. The fourth-order valence-electron chi connectivity index (χ4n) is 2.84. The zero-order chi connectivity index (χ0) is 13.3. The molecule has 0 bridgehead atoms. The second-order valence-electron chi connectivity index (χ2n) is 4.88. The van der Waals surface area contributed by atoms with Gasteiger partial charge in [-0.15, -0.1) is 0 Å². The van der Waals surface area contributed by atoms with Gasteiger partial charge in [-0.1, -0.05) is 0 Å². The van der Waals surface area contributed by atoms with E-state index in [1.54, 1.807) is 13.8 Å². The fraction of sp³-hybridized carbons (Fsp3) is 0.571. The van der Waals surface area contributed by atoms with Crippen LogP contribution in [-0.2, 0) is 0 Å². The van der Waals surface area contributed by atoms with E-state index in [1.807, 2.05) is 0 Å². The smallest absolute Gasteiger partial charge is 0.166 e. The second-order valence-corrected chi connectivity index (χ2v) is 4.88. The Balaban J connectivity index is 2.54. The highest BCUT2D eigenvalue weighted by atomic mass is 19.1. The predicted molar refractivity (Wildman–Crippen MR) is 68.9 cm³/mol. The van der Waals surface area contributed by atoms with Gasteiger partial charge < -0.3 is 15.2 Å². The first-order valence-electron chi connectivity index (χ1n) is 6.34. The molecular formula is C14H20FNO2. The fourth-order valence-corrected chi connectivity index (χ4v) is 2.84. The van der Waals surface area contributed by atoms with E-state index in [-0.39, 0.29) is 23.2 Å². The van der Waals surface area contributed by atoms with Crippen molar-refractivity contribution in [2.24, 2.45) is 0 Å². The van der Waals surface area contributed by atoms with Gasteiger partial charge in [-0.2, -0.15) is 0 Å². The van der Waals surface area contributed by atoms with E-state index >= 15 is 0 Å². The van der Waals surface area contributed by atoms with Gasteiger partial charge in [-0.3, -0.25) is 0 Å². The Hall–Kier alpha value is -1.29. The summed E-state index contributed by atoms with van der Waals surface area (Å²) in [4.78, 5) is 0. The number of ether oxygens (including phenoxy) is 1. The molecule has 1 aliphatic heterocycles. The van der Waals surface area contributed by atoms with E-state index in [0.29, 0.717) is 11.1 Å². The van der Waals surface area contributed by atoms with Crippen molar-refractivity contribution >= 4 is 0 Å². The maximum absolute atomic E-state index is 14.2. The van der Waals surface area contributed by atoms with Gasteiger partial charge >= 0.3 is 0 Å². The van der Waals surface area contributed by atoms with Gasteiger partial charge in [0.05, 0.1) is 7.11 Å². The lowest BCUT2D eigenvalue weighted by atomic mass is 9.85. The molecule has 0 spiro atoms. The van der Waals surface area contributed by atoms with Crippen molar-refractivity contribution in [2.45, 2.75) is 32.6 Å². The number of piperidine rings is 1. The number of methoxy groups -OCH3 is 1. The number of phenolic OH excluding ortho intramolecular Hbond substituents is 1. The molecule has 1 aromatic rings. The van der Waals surface area contributed by atoms with Gasteiger partial charge in [0.2, 0.25) is 0 Å². The number of nitrogens with one attached hydrogen (secondary N) is 1. The van der Waals surface area contributed by atoms with Crippen LogP contribution in [0.15, 0.2) is 0 Å². The zero-order valence-electron chi connectivity index (χ0n) is 11.1. The van der Waals surface area contributed by atoms with Crippen LogP contribution in [0.4, 0.5) is 4.39 Å². The Morgan fingerprint density at radius 1 is 1.22 bits per heavy atom. The lowest BCUT2D eigenvalue weighted by Crippen LogP contribution is -2.27. The molecule has 4 heteroatoms. The number of benzene rings is 1. The van der Waals surface area contributed by atoms with E-state index in [0.717, 1.165) is 31.5 Å². The molecule has 1 saturated heterocycles. The van der Waals surface area contributed by atoms with Crippen LogP contribution in [0.2, 0.25) is 0 Å². The Bertz CT molecular complexity index is 454. The number of aromatic hydroxyl groups is 1. The van der Waals surface area contributed by atoms with Crippen LogP contribution in [0.1, 0.15) is 35.4 Å². The van der Waals surface area contributed by atoms with Crippen molar-refractivity contribution in [1.82, 2.24) is 5.32 Å². The van der Waals surface area contributed by atoms with Crippen LogP contribution >= 0.6 is 0 Å². The first-order valence-corrected chi connectivity index (χ1v) is 6.34. The number of halogens is 1. The topological polar surface area (TPSA) is 41.5 Å². The molecule has 0 aliphatic carbocycles. The summed E-state index contributed by atoms with van der Waals surface area (Å²) in [6.07, 6.45) is 1.83. The van der Waals surface area contributed by atoms with Crippen LogP contribution in [0.5, 0.6) is 11.5 Å². The van der Waals surface area contributed by atoms with E-state index < -0.39 is 0 Å². The lowest BCUT2D eigenvalue weighted by molar-refractivity contribution is 0.354. The van der Waals surface area contributed by atoms with Crippen molar-refractivity contribution in [3.05, 3.63) is 22.5 Å². The quantitative estimate of drug-likeness (QED) is 0.851. The monoisotopic (exact) mass is 253 g/mol. The molecule has 0 radical (unpaired) electrons. The predicted octanol–water partition coefficient (Wildman–Crippen LogP) is 2.62. The SMILES string of the molecule is COc1c(C)c(F)c(C)c(C2CCNCC2)c1O. The van der Waals surface area contributed by atoms with Crippen molar-refractivity contribution in [2.75, 3.05) is 20.2 Å². The van der Waals surface area contributed by atoms with Gasteiger partial charge in [-0.25, -0.2) is 4.39 Å². The third kappa shape index (κ3) is 2.05. The highest BCUT2D eigenvalue weighted by molar-refractivity contribution is 5.56. The van der Waals surface area contributed by atoms with Gasteiger partial charge in [0.1, 0.15) is 5.82 Å². The number of hydrogen-bond acceptors (Lipinski definition) is 3. The van der Waals surface area contributed by atoms with Crippen LogP contribution in [-0.4, -0.2) is 25.3 Å². The molecule has 0 unspecified atom stereocenters. The summed E-state index contributed by atoms with van der Waals surface area (Å²) >= 11 is 0. The molecule has 2 N–H and O–H groups in total. The van der Waals surface area contributed by atoms with Crippen molar-refractivity contribution < 1.29 is 14.2 Å². The Labute approximate surface area is 107 Å². The summed E-state index contributed by atoms with van der Waals surface area (Å²) in [6, 6.07) is 0. The second kappa shape index (κ2) is 5.14. The molecule has 0 amide bonds. The Kier molecular flexibility index (Phi) is 3.76. The minimum absolute atomic E-state index is 0.112. The van der Waals surface area contributed by atoms with Crippen LogP contribution < -0.4 is 10.1 Å². The normalized spacial score (nSPS) is 16.9. The molecule has 1 aromatic carbocycles. The van der Waals surface area contributed by atoms with Crippen molar-refractivity contribution in [1.29, 1.82) is 0 Å². The summed E-state index contributed by atoms with van der Waals surface area (Å²) in [6.45, 7) is 5.18. The molecule has 0 aromatic heterocycles. The number of hydrogen-bond donors (Lipinski definition) is 2. The minimum atomic E-state index is -0.266.